The lowest BCUT2D eigenvalue weighted by Gasteiger charge is -2.14. The van der Waals surface area contributed by atoms with E-state index in [0.29, 0.717) is 11.5 Å². The predicted molar refractivity (Wildman–Crippen MR) is 72.2 cm³/mol. The minimum atomic E-state index is -1.39. The van der Waals surface area contributed by atoms with E-state index in [-0.39, 0.29) is 5.56 Å². The van der Waals surface area contributed by atoms with E-state index in [2.05, 4.69) is 5.32 Å². The topological polar surface area (TPSA) is 128 Å². The molecule has 2 amide bonds. The fourth-order valence-electron chi connectivity index (χ4n) is 1.62. The molecule has 0 aliphatic heterocycles. The van der Waals surface area contributed by atoms with Crippen LogP contribution in [0.4, 0.5) is 0 Å². The van der Waals surface area contributed by atoms with E-state index in [9.17, 15) is 14.4 Å². The fraction of sp³-hybridized carbons (Fsp3) is 0.308. The van der Waals surface area contributed by atoms with Crippen LogP contribution in [-0.4, -0.2) is 43.2 Å². The Morgan fingerprint density at radius 2 is 1.86 bits per heavy atom. The standard InChI is InChI=1S/C13H16N2O6/c1-20-9-4-3-7(5-10(9)21-2)12(17)15-8(13(18)19)6-11(14)16/h3-5,8H,6H2,1-2H3,(H2,14,16)(H,15,17)(H,18,19). The molecule has 0 saturated heterocycles. The van der Waals surface area contributed by atoms with Crippen LogP contribution < -0.4 is 20.5 Å². The number of rotatable bonds is 7. The van der Waals surface area contributed by atoms with Crippen LogP contribution in [0.2, 0.25) is 0 Å². The molecule has 8 heteroatoms. The number of primary amides is 1. The molecule has 0 radical (unpaired) electrons. The van der Waals surface area contributed by atoms with Crippen molar-refractivity contribution >= 4 is 17.8 Å². The molecule has 114 valence electrons. The van der Waals surface area contributed by atoms with Crippen molar-refractivity contribution in [1.82, 2.24) is 5.32 Å². The molecule has 0 fully saturated rings. The number of carboxylic acid groups (broad SMARTS) is 1. The van der Waals surface area contributed by atoms with Gasteiger partial charge in [0.1, 0.15) is 6.04 Å². The maximum absolute atomic E-state index is 12.0. The normalized spacial score (nSPS) is 11.3. The van der Waals surface area contributed by atoms with E-state index in [4.69, 9.17) is 20.3 Å². The van der Waals surface area contributed by atoms with Crippen LogP contribution in [0.1, 0.15) is 16.8 Å². The van der Waals surface area contributed by atoms with Crippen molar-refractivity contribution in [2.24, 2.45) is 5.73 Å². The summed E-state index contributed by atoms with van der Waals surface area (Å²) in [6.07, 6.45) is -0.492. The molecule has 0 heterocycles. The van der Waals surface area contributed by atoms with Crippen molar-refractivity contribution < 1.29 is 29.0 Å². The molecule has 21 heavy (non-hydrogen) atoms. The molecular formula is C13H16N2O6. The number of aliphatic carboxylic acids is 1. The Morgan fingerprint density at radius 3 is 2.33 bits per heavy atom. The van der Waals surface area contributed by atoms with Crippen LogP contribution in [0, 0.1) is 0 Å². The summed E-state index contributed by atoms with van der Waals surface area (Å²) in [6, 6.07) is 2.97. The number of carbonyl (C=O) groups is 3. The SMILES string of the molecule is COc1ccc(C(=O)NC(CC(N)=O)C(=O)O)cc1OC. The zero-order valence-corrected chi connectivity index (χ0v) is 11.6. The summed E-state index contributed by atoms with van der Waals surface area (Å²) in [4.78, 5) is 33.7. The van der Waals surface area contributed by atoms with Gasteiger partial charge in [-0.15, -0.1) is 0 Å². The Labute approximate surface area is 120 Å². The van der Waals surface area contributed by atoms with E-state index in [1.807, 2.05) is 0 Å². The highest BCUT2D eigenvalue weighted by Gasteiger charge is 2.23. The second-order valence-corrected chi connectivity index (χ2v) is 4.10. The summed E-state index contributed by atoms with van der Waals surface area (Å²) < 4.78 is 10.1. The molecule has 1 rings (SSSR count). The minimum Gasteiger partial charge on any atom is -0.493 e. The van der Waals surface area contributed by atoms with Crippen molar-refractivity contribution in [2.45, 2.75) is 12.5 Å². The Bertz CT molecular complexity index is 558. The molecule has 1 unspecified atom stereocenters. The number of nitrogens with two attached hydrogens (primary N) is 1. The third kappa shape index (κ3) is 4.37. The van der Waals surface area contributed by atoms with Gasteiger partial charge in [-0.3, -0.25) is 9.59 Å². The fourth-order valence-corrected chi connectivity index (χ4v) is 1.62. The molecule has 4 N–H and O–H groups in total. The molecule has 0 bridgehead atoms. The number of benzene rings is 1. The van der Waals surface area contributed by atoms with Gasteiger partial charge in [0, 0.05) is 5.56 Å². The molecule has 0 saturated carbocycles. The lowest BCUT2D eigenvalue weighted by Crippen LogP contribution is -2.43. The van der Waals surface area contributed by atoms with E-state index in [1.54, 1.807) is 0 Å². The number of nitrogens with one attached hydrogen (secondary N) is 1. The molecular weight excluding hydrogens is 280 g/mol. The van der Waals surface area contributed by atoms with Gasteiger partial charge in [0.2, 0.25) is 5.91 Å². The van der Waals surface area contributed by atoms with Gasteiger partial charge in [-0.2, -0.15) is 0 Å². The third-order valence-electron chi connectivity index (χ3n) is 2.65. The number of carboxylic acids is 1. The van der Waals surface area contributed by atoms with Gasteiger partial charge in [-0.05, 0) is 18.2 Å². The van der Waals surface area contributed by atoms with Crippen molar-refractivity contribution in [3.63, 3.8) is 0 Å². The Kier molecular flexibility index (Phi) is 5.53. The van der Waals surface area contributed by atoms with Crippen molar-refractivity contribution in [1.29, 1.82) is 0 Å². The molecule has 0 aliphatic rings. The highest BCUT2D eigenvalue weighted by atomic mass is 16.5. The number of ether oxygens (including phenoxy) is 2. The second kappa shape index (κ2) is 7.13. The molecule has 8 nitrogen and oxygen atoms in total. The van der Waals surface area contributed by atoms with Crippen LogP contribution in [-0.2, 0) is 9.59 Å². The Morgan fingerprint density at radius 1 is 1.24 bits per heavy atom. The van der Waals surface area contributed by atoms with E-state index in [1.165, 1.54) is 32.4 Å². The lowest BCUT2D eigenvalue weighted by molar-refractivity contribution is -0.140. The van der Waals surface area contributed by atoms with Gasteiger partial charge in [-0.1, -0.05) is 0 Å². The van der Waals surface area contributed by atoms with Gasteiger partial charge in [0.05, 0.1) is 20.6 Å². The summed E-state index contributed by atoms with van der Waals surface area (Å²) in [7, 11) is 2.86. The van der Waals surface area contributed by atoms with Crippen molar-refractivity contribution in [3.8, 4) is 11.5 Å². The molecule has 0 spiro atoms. The summed E-state index contributed by atoms with van der Waals surface area (Å²) in [5.74, 6) is -2.07. The smallest absolute Gasteiger partial charge is 0.326 e. The van der Waals surface area contributed by atoms with E-state index in [0.717, 1.165) is 0 Å². The van der Waals surface area contributed by atoms with Gasteiger partial charge < -0.3 is 25.6 Å². The van der Waals surface area contributed by atoms with Crippen LogP contribution >= 0.6 is 0 Å². The van der Waals surface area contributed by atoms with Crippen LogP contribution in [0.15, 0.2) is 18.2 Å². The van der Waals surface area contributed by atoms with Crippen molar-refractivity contribution in [3.05, 3.63) is 23.8 Å². The zero-order chi connectivity index (χ0) is 16.0. The van der Waals surface area contributed by atoms with Gasteiger partial charge >= 0.3 is 5.97 Å². The van der Waals surface area contributed by atoms with Gasteiger partial charge in [0.15, 0.2) is 11.5 Å². The summed E-state index contributed by atoms with van der Waals surface area (Å²) in [6.45, 7) is 0. The number of methoxy groups -OCH3 is 2. The minimum absolute atomic E-state index is 0.170. The average molecular weight is 296 g/mol. The third-order valence-corrected chi connectivity index (χ3v) is 2.65. The second-order valence-electron chi connectivity index (χ2n) is 4.10. The first-order valence-electron chi connectivity index (χ1n) is 5.93. The highest BCUT2D eigenvalue weighted by Crippen LogP contribution is 2.27. The first-order valence-corrected chi connectivity index (χ1v) is 5.93. The predicted octanol–water partition coefficient (Wildman–Crippen LogP) is -0.238. The largest absolute Gasteiger partial charge is 0.493 e. The molecule has 1 aromatic carbocycles. The highest BCUT2D eigenvalue weighted by molar-refractivity contribution is 5.98. The summed E-state index contributed by atoms with van der Waals surface area (Å²) >= 11 is 0. The quantitative estimate of drug-likeness (QED) is 0.637. The van der Waals surface area contributed by atoms with Gasteiger partial charge in [-0.25, -0.2) is 4.79 Å². The Balaban J connectivity index is 2.92. The van der Waals surface area contributed by atoms with Crippen molar-refractivity contribution in [2.75, 3.05) is 14.2 Å². The average Bonchev–Trinajstić information content (AvgIpc) is 2.45. The van der Waals surface area contributed by atoms with E-state index < -0.39 is 30.2 Å². The molecule has 0 aliphatic carbocycles. The number of hydrogen-bond donors (Lipinski definition) is 3. The maximum Gasteiger partial charge on any atom is 0.326 e. The molecule has 0 aromatic heterocycles. The van der Waals surface area contributed by atoms with E-state index >= 15 is 0 Å². The molecule has 1 aromatic rings. The van der Waals surface area contributed by atoms with Crippen LogP contribution in [0.25, 0.3) is 0 Å². The number of carbonyl (C=O) groups excluding carboxylic acids is 2. The monoisotopic (exact) mass is 296 g/mol. The zero-order valence-electron chi connectivity index (χ0n) is 11.6. The first kappa shape index (κ1) is 16.3. The maximum atomic E-state index is 12.0. The molecule has 1 atom stereocenters. The summed E-state index contributed by atoms with van der Waals surface area (Å²) in [5, 5.41) is 11.2. The van der Waals surface area contributed by atoms with Crippen LogP contribution in [0.5, 0.6) is 11.5 Å². The lowest BCUT2D eigenvalue weighted by atomic mass is 10.1. The van der Waals surface area contributed by atoms with Gasteiger partial charge in [0.25, 0.3) is 5.91 Å². The van der Waals surface area contributed by atoms with Crippen LogP contribution in [0.3, 0.4) is 0 Å². The first-order chi connectivity index (χ1) is 9.88. The summed E-state index contributed by atoms with van der Waals surface area (Å²) in [5.41, 5.74) is 5.11. The Hall–Kier alpha value is -2.77. The number of hydrogen-bond acceptors (Lipinski definition) is 5. The number of amides is 2.